The van der Waals surface area contributed by atoms with Gasteiger partial charge in [0.25, 0.3) is 0 Å². The lowest BCUT2D eigenvalue weighted by Crippen LogP contribution is -2.49. The molecule has 1 unspecified atom stereocenters. The summed E-state index contributed by atoms with van der Waals surface area (Å²) in [7, 11) is 0. The molecule has 1 aliphatic heterocycles. The molecule has 160 valence electrons. The Labute approximate surface area is 185 Å². The summed E-state index contributed by atoms with van der Waals surface area (Å²) >= 11 is 3.43. The van der Waals surface area contributed by atoms with Crippen molar-refractivity contribution in [1.82, 2.24) is 10.2 Å². The van der Waals surface area contributed by atoms with Gasteiger partial charge in [-0.2, -0.15) is 0 Å². The summed E-state index contributed by atoms with van der Waals surface area (Å²) in [5.41, 5.74) is 1.97. The van der Waals surface area contributed by atoms with Crippen molar-refractivity contribution >= 4 is 27.7 Å². The number of carbonyl (C=O) groups excluding carboxylic acids is 2. The Kier molecular flexibility index (Phi) is 7.37. The molecule has 0 aromatic heterocycles. The Morgan fingerprint density at radius 2 is 1.70 bits per heavy atom. The molecule has 1 N–H and O–H groups in total. The maximum absolute atomic E-state index is 13.1. The molecule has 2 aromatic rings. The van der Waals surface area contributed by atoms with E-state index in [2.05, 4.69) is 21.2 Å². The zero-order chi connectivity index (χ0) is 21.7. The number of halogens is 1. The van der Waals surface area contributed by atoms with Crippen molar-refractivity contribution in [3.63, 3.8) is 0 Å². The van der Waals surface area contributed by atoms with Crippen molar-refractivity contribution in [2.75, 3.05) is 6.79 Å². The van der Waals surface area contributed by atoms with Crippen LogP contribution in [-0.2, 0) is 22.6 Å². The Balaban J connectivity index is 1.71. The fraction of sp³-hybridized carbons (Fsp3) is 0.391. The van der Waals surface area contributed by atoms with Crippen LogP contribution in [0.2, 0.25) is 0 Å². The summed E-state index contributed by atoms with van der Waals surface area (Å²) in [6, 6.07) is 12.9. The van der Waals surface area contributed by atoms with Crippen LogP contribution in [0.4, 0.5) is 0 Å². The SMILES string of the molecule is CC(C)NC(=O)C(C)N(Cc1ccc(Br)cc1)C(=O)CCc1ccc2c(c1)OCO2. The quantitative estimate of drug-likeness (QED) is 0.626. The molecule has 3 rings (SSSR count). The second kappa shape index (κ2) is 9.98. The third-order valence-electron chi connectivity index (χ3n) is 4.93. The summed E-state index contributed by atoms with van der Waals surface area (Å²) in [6.45, 7) is 6.19. The zero-order valence-electron chi connectivity index (χ0n) is 17.5. The Morgan fingerprint density at radius 3 is 2.40 bits per heavy atom. The summed E-state index contributed by atoms with van der Waals surface area (Å²) in [6.07, 6.45) is 0.861. The molecule has 2 amide bonds. The van der Waals surface area contributed by atoms with Gasteiger partial charge in [-0.1, -0.05) is 34.1 Å². The molecule has 0 aliphatic carbocycles. The third kappa shape index (κ3) is 5.75. The van der Waals surface area contributed by atoms with Crippen LogP contribution < -0.4 is 14.8 Å². The van der Waals surface area contributed by atoms with Crippen LogP contribution in [0.15, 0.2) is 46.9 Å². The average Bonchev–Trinajstić information content (AvgIpc) is 3.18. The van der Waals surface area contributed by atoms with E-state index in [1.165, 1.54) is 0 Å². The number of benzene rings is 2. The van der Waals surface area contributed by atoms with Gasteiger partial charge < -0.3 is 19.7 Å². The maximum Gasteiger partial charge on any atom is 0.242 e. The van der Waals surface area contributed by atoms with E-state index < -0.39 is 6.04 Å². The molecular weight excluding hydrogens is 448 g/mol. The van der Waals surface area contributed by atoms with Crippen LogP contribution in [0.1, 0.15) is 38.3 Å². The molecule has 1 atom stereocenters. The van der Waals surface area contributed by atoms with Gasteiger partial charge in [0.2, 0.25) is 18.6 Å². The minimum absolute atomic E-state index is 0.0122. The van der Waals surface area contributed by atoms with Gasteiger partial charge in [-0.15, -0.1) is 0 Å². The number of ether oxygens (including phenoxy) is 2. The topological polar surface area (TPSA) is 67.9 Å². The standard InChI is InChI=1S/C23H27BrN2O4/c1-15(2)25-23(28)16(3)26(13-18-4-8-19(24)9-5-18)22(27)11-7-17-6-10-20-21(12-17)30-14-29-20/h4-6,8-10,12,15-16H,7,11,13-14H2,1-3H3,(H,25,28). The molecular formula is C23H27BrN2O4. The number of amides is 2. The molecule has 6 nitrogen and oxygen atoms in total. The first-order valence-electron chi connectivity index (χ1n) is 10.1. The van der Waals surface area contributed by atoms with E-state index in [1.54, 1.807) is 11.8 Å². The first-order chi connectivity index (χ1) is 14.3. The van der Waals surface area contributed by atoms with Gasteiger partial charge in [0, 0.05) is 23.5 Å². The molecule has 0 bridgehead atoms. The Bertz CT molecular complexity index is 899. The zero-order valence-corrected chi connectivity index (χ0v) is 19.1. The largest absolute Gasteiger partial charge is 0.454 e. The first-order valence-corrected chi connectivity index (χ1v) is 10.9. The van der Waals surface area contributed by atoms with Crippen molar-refractivity contribution in [3.8, 4) is 11.5 Å². The molecule has 2 aromatic carbocycles. The van der Waals surface area contributed by atoms with Crippen molar-refractivity contribution in [2.24, 2.45) is 0 Å². The van der Waals surface area contributed by atoms with Crippen molar-refractivity contribution in [2.45, 2.75) is 52.2 Å². The fourth-order valence-corrected chi connectivity index (χ4v) is 3.53. The van der Waals surface area contributed by atoms with E-state index in [1.807, 2.05) is 56.3 Å². The summed E-state index contributed by atoms with van der Waals surface area (Å²) in [5, 5.41) is 2.90. The Morgan fingerprint density at radius 1 is 1.03 bits per heavy atom. The van der Waals surface area contributed by atoms with E-state index in [0.717, 1.165) is 21.3 Å². The van der Waals surface area contributed by atoms with Gasteiger partial charge in [-0.25, -0.2) is 0 Å². The van der Waals surface area contributed by atoms with Crippen LogP contribution in [0.25, 0.3) is 0 Å². The van der Waals surface area contributed by atoms with Crippen LogP contribution in [0.3, 0.4) is 0 Å². The van der Waals surface area contributed by atoms with Crippen LogP contribution in [0, 0.1) is 0 Å². The maximum atomic E-state index is 13.1. The van der Waals surface area contributed by atoms with E-state index >= 15 is 0 Å². The highest BCUT2D eigenvalue weighted by molar-refractivity contribution is 9.10. The second-order valence-corrected chi connectivity index (χ2v) is 8.59. The minimum atomic E-state index is -0.569. The molecule has 0 spiro atoms. The highest BCUT2D eigenvalue weighted by Crippen LogP contribution is 2.32. The van der Waals surface area contributed by atoms with Crippen molar-refractivity contribution < 1.29 is 19.1 Å². The summed E-state index contributed by atoms with van der Waals surface area (Å²) in [5.74, 6) is 1.21. The molecule has 0 radical (unpaired) electrons. The fourth-order valence-electron chi connectivity index (χ4n) is 3.27. The molecule has 1 heterocycles. The van der Waals surface area contributed by atoms with E-state index in [0.29, 0.717) is 25.1 Å². The van der Waals surface area contributed by atoms with Gasteiger partial charge in [-0.05, 0) is 62.6 Å². The van der Waals surface area contributed by atoms with Crippen LogP contribution in [0.5, 0.6) is 11.5 Å². The number of rotatable bonds is 8. The van der Waals surface area contributed by atoms with E-state index in [-0.39, 0.29) is 24.6 Å². The minimum Gasteiger partial charge on any atom is -0.454 e. The van der Waals surface area contributed by atoms with Crippen LogP contribution in [-0.4, -0.2) is 35.6 Å². The van der Waals surface area contributed by atoms with Gasteiger partial charge in [0.15, 0.2) is 11.5 Å². The molecule has 0 saturated carbocycles. The van der Waals surface area contributed by atoms with Gasteiger partial charge >= 0.3 is 0 Å². The Hall–Kier alpha value is -2.54. The predicted octanol–water partition coefficient (Wildman–Crippen LogP) is 4.05. The lowest BCUT2D eigenvalue weighted by atomic mass is 10.1. The van der Waals surface area contributed by atoms with E-state index in [4.69, 9.17) is 9.47 Å². The third-order valence-corrected chi connectivity index (χ3v) is 5.46. The van der Waals surface area contributed by atoms with Gasteiger partial charge in [0.05, 0.1) is 0 Å². The lowest BCUT2D eigenvalue weighted by Gasteiger charge is -2.29. The normalized spacial score (nSPS) is 13.2. The average molecular weight is 475 g/mol. The molecule has 1 aliphatic rings. The number of fused-ring (bicyclic) bond motifs is 1. The first kappa shape index (κ1) is 22.2. The number of nitrogens with zero attached hydrogens (tertiary/aromatic N) is 1. The molecule has 0 fully saturated rings. The van der Waals surface area contributed by atoms with Crippen LogP contribution >= 0.6 is 15.9 Å². The number of hydrogen-bond acceptors (Lipinski definition) is 4. The smallest absolute Gasteiger partial charge is 0.242 e. The highest BCUT2D eigenvalue weighted by Gasteiger charge is 2.26. The summed E-state index contributed by atoms with van der Waals surface area (Å²) in [4.78, 5) is 27.4. The van der Waals surface area contributed by atoms with E-state index in [9.17, 15) is 9.59 Å². The monoisotopic (exact) mass is 474 g/mol. The highest BCUT2D eigenvalue weighted by atomic mass is 79.9. The predicted molar refractivity (Wildman–Crippen MR) is 118 cm³/mol. The van der Waals surface area contributed by atoms with Crippen molar-refractivity contribution in [3.05, 3.63) is 58.1 Å². The number of aryl methyl sites for hydroxylation is 1. The molecule has 30 heavy (non-hydrogen) atoms. The number of nitrogens with one attached hydrogen (secondary N) is 1. The van der Waals surface area contributed by atoms with Crippen molar-refractivity contribution in [1.29, 1.82) is 0 Å². The number of hydrogen-bond donors (Lipinski definition) is 1. The van der Waals surface area contributed by atoms with Gasteiger partial charge in [0.1, 0.15) is 6.04 Å². The number of carbonyl (C=O) groups is 2. The molecule has 7 heteroatoms. The summed E-state index contributed by atoms with van der Waals surface area (Å²) < 4.78 is 11.7. The molecule has 0 saturated heterocycles. The second-order valence-electron chi connectivity index (χ2n) is 7.67. The van der Waals surface area contributed by atoms with Gasteiger partial charge in [-0.3, -0.25) is 9.59 Å². The lowest BCUT2D eigenvalue weighted by molar-refractivity contribution is -0.140.